The average molecular weight is 414 g/mol. The van der Waals surface area contributed by atoms with E-state index in [1.807, 2.05) is 0 Å². The Bertz CT molecular complexity index is 1140. The molecule has 0 fully saturated rings. The number of methoxy groups -OCH3 is 2. The molecule has 0 bridgehead atoms. The van der Waals surface area contributed by atoms with Crippen molar-refractivity contribution in [3.8, 4) is 22.6 Å². The minimum absolute atomic E-state index is 0.0120. The Labute approximate surface area is 167 Å². The van der Waals surface area contributed by atoms with Crippen LogP contribution in [0.25, 0.3) is 11.1 Å². The molecule has 0 heterocycles. The highest BCUT2D eigenvalue weighted by molar-refractivity contribution is 7.92. The van der Waals surface area contributed by atoms with Crippen LogP contribution >= 0.6 is 0 Å². The van der Waals surface area contributed by atoms with Crippen molar-refractivity contribution < 1.29 is 22.8 Å². The van der Waals surface area contributed by atoms with Crippen LogP contribution in [-0.2, 0) is 10.0 Å². The molecule has 0 radical (unpaired) electrons. The molecule has 0 saturated heterocycles. The summed E-state index contributed by atoms with van der Waals surface area (Å²) in [7, 11) is -0.983. The van der Waals surface area contributed by atoms with Crippen LogP contribution in [0.15, 0.2) is 71.6 Å². The number of rotatable bonds is 7. The van der Waals surface area contributed by atoms with Crippen molar-refractivity contribution in [2.45, 2.75) is 4.90 Å². The van der Waals surface area contributed by atoms with Crippen molar-refractivity contribution in [2.75, 3.05) is 18.9 Å². The maximum atomic E-state index is 12.7. The van der Waals surface area contributed by atoms with Crippen LogP contribution in [0.4, 0.5) is 11.4 Å². The number of nitrogens with one attached hydrogen (secondary N) is 1. The van der Waals surface area contributed by atoms with Gasteiger partial charge < -0.3 is 9.47 Å². The number of hydrogen-bond donors (Lipinski definition) is 1. The summed E-state index contributed by atoms with van der Waals surface area (Å²) in [5.41, 5.74) is 1.35. The predicted molar refractivity (Wildman–Crippen MR) is 109 cm³/mol. The van der Waals surface area contributed by atoms with E-state index in [9.17, 15) is 18.5 Å². The van der Waals surface area contributed by atoms with Gasteiger partial charge in [0, 0.05) is 17.8 Å². The second-order valence-corrected chi connectivity index (χ2v) is 7.66. The van der Waals surface area contributed by atoms with Crippen molar-refractivity contribution in [1.82, 2.24) is 0 Å². The molecule has 0 aliphatic carbocycles. The van der Waals surface area contributed by atoms with E-state index in [1.54, 1.807) is 42.5 Å². The molecular weight excluding hydrogens is 396 g/mol. The Hall–Kier alpha value is -3.59. The maximum Gasteiger partial charge on any atom is 0.277 e. The normalized spacial score (nSPS) is 11.0. The predicted octanol–water partition coefficient (Wildman–Crippen LogP) is 4.08. The zero-order valence-corrected chi connectivity index (χ0v) is 16.5. The van der Waals surface area contributed by atoms with Gasteiger partial charge in [-0.2, -0.15) is 0 Å². The molecule has 0 aliphatic rings. The van der Waals surface area contributed by atoms with Crippen LogP contribution in [0.3, 0.4) is 0 Å². The number of nitro benzene ring substituents is 1. The van der Waals surface area contributed by atoms with Crippen molar-refractivity contribution in [1.29, 1.82) is 0 Å². The lowest BCUT2D eigenvalue weighted by atomic mass is 10.0. The summed E-state index contributed by atoms with van der Waals surface area (Å²) in [6.45, 7) is 0. The summed E-state index contributed by atoms with van der Waals surface area (Å²) in [5.74, 6) is 0.711. The molecule has 0 unspecified atom stereocenters. The molecule has 0 amide bonds. The van der Waals surface area contributed by atoms with Gasteiger partial charge in [-0.15, -0.1) is 0 Å². The second kappa shape index (κ2) is 8.19. The topological polar surface area (TPSA) is 108 Å². The van der Waals surface area contributed by atoms with Gasteiger partial charge in [-0.05, 0) is 35.9 Å². The minimum Gasteiger partial charge on any atom is -0.493 e. The van der Waals surface area contributed by atoms with Crippen molar-refractivity contribution in [2.24, 2.45) is 0 Å². The molecule has 150 valence electrons. The fourth-order valence-corrected chi connectivity index (χ4v) is 3.87. The Kier molecular flexibility index (Phi) is 5.69. The summed E-state index contributed by atoms with van der Waals surface area (Å²) in [4.78, 5) is 10.8. The van der Waals surface area contributed by atoms with E-state index in [1.165, 1.54) is 38.5 Å². The first kappa shape index (κ1) is 20.2. The van der Waals surface area contributed by atoms with E-state index in [4.69, 9.17) is 9.47 Å². The average Bonchev–Trinajstić information content (AvgIpc) is 2.73. The highest BCUT2D eigenvalue weighted by Gasteiger charge is 2.18. The number of nitro groups is 1. The Balaban J connectivity index is 1.87. The molecule has 29 heavy (non-hydrogen) atoms. The molecule has 0 saturated carbocycles. The van der Waals surface area contributed by atoms with Gasteiger partial charge in [-0.3, -0.25) is 14.8 Å². The Morgan fingerprint density at radius 1 is 0.897 bits per heavy atom. The third-order valence-electron chi connectivity index (χ3n) is 4.21. The third kappa shape index (κ3) is 4.30. The number of anilines is 1. The molecular formula is C20H18N2O6S. The van der Waals surface area contributed by atoms with Gasteiger partial charge in [-0.1, -0.05) is 24.3 Å². The minimum atomic E-state index is -3.86. The fraction of sp³-hybridized carbons (Fsp3) is 0.100. The van der Waals surface area contributed by atoms with Gasteiger partial charge in [-0.25, -0.2) is 8.42 Å². The van der Waals surface area contributed by atoms with Gasteiger partial charge in [0.2, 0.25) is 0 Å². The Morgan fingerprint density at radius 2 is 1.55 bits per heavy atom. The highest BCUT2D eigenvalue weighted by Crippen LogP contribution is 2.32. The van der Waals surface area contributed by atoms with Crippen molar-refractivity contribution in [3.63, 3.8) is 0 Å². The quantitative estimate of drug-likeness (QED) is 0.461. The molecule has 0 aliphatic heterocycles. The van der Waals surface area contributed by atoms with E-state index in [0.717, 1.165) is 0 Å². The zero-order valence-electron chi connectivity index (χ0n) is 15.7. The first-order valence-corrected chi connectivity index (χ1v) is 9.92. The number of ether oxygens (including phenoxy) is 2. The number of benzene rings is 3. The first-order valence-electron chi connectivity index (χ1n) is 8.44. The number of para-hydroxylation sites is 1. The summed E-state index contributed by atoms with van der Waals surface area (Å²) >= 11 is 0. The number of sulfonamides is 1. The zero-order chi connectivity index (χ0) is 21.0. The van der Waals surface area contributed by atoms with E-state index in [-0.39, 0.29) is 10.6 Å². The molecule has 3 aromatic rings. The van der Waals surface area contributed by atoms with Gasteiger partial charge in [0.05, 0.1) is 29.6 Å². The van der Waals surface area contributed by atoms with Gasteiger partial charge >= 0.3 is 0 Å². The lowest BCUT2D eigenvalue weighted by Crippen LogP contribution is -2.13. The fourth-order valence-electron chi connectivity index (χ4n) is 2.79. The second-order valence-electron chi connectivity index (χ2n) is 5.97. The molecule has 1 N–H and O–H groups in total. The van der Waals surface area contributed by atoms with Crippen molar-refractivity contribution >= 4 is 21.4 Å². The smallest absolute Gasteiger partial charge is 0.277 e. The summed E-state index contributed by atoms with van der Waals surface area (Å²) in [5, 5.41) is 11.2. The standard InChI is InChI=1S/C20H18N2O6S/c1-27-19-12-11-16(13-20(19)28-2)29(25,26)21-15-9-7-14(8-10-15)17-5-3-4-6-18(17)22(23)24/h3-13,21H,1-2H3. The number of nitrogens with zero attached hydrogens (tertiary/aromatic N) is 1. The Morgan fingerprint density at radius 3 is 2.17 bits per heavy atom. The van der Waals surface area contributed by atoms with E-state index >= 15 is 0 Å². The van der Waals surface area contributed by atoms with E-state index in [2.05, 4.69) is 4.72 Å². The lowest BCUT2D eigenvalue weighted by Gasteiger charge is -2.12. The first-order chi connectivity index (χ1) is 13.9. The summed E-state index contributed by atoms with van der Waals surface area (Å²) < 4.78 is 38.1. The molecule has 3 aromatic carbocycles. The van der Waals surface area contributed by atoms with Crippen LogP contribution in [0.5, 0.6) is 11.5 Å². The highest BCUT2D eigenvalue weighted by atomic mass is 32.2. The summed E-state index contributed by atoms with van der Waals surface area (Å²) in [6.07, 6.45) is 0. The maximum absolute atomic E-state index is 12.7. The lowest BCUT2D eigenvalue weighted by molar-refractivity contribution is -0.384. The van der Waals surface area contributed by atoms with Crippen molar-refractivity contribution in [3.05, 3.63) is 76.8 Å². The van der Waals surface area contributed by atoms with Crippen LogP contribution in [0.1, 0.15) is 0 Å². The van der Waals surface area contributed by atoms with Crippen LogP contribution in [-0.4, -0.2) is 27.6 Å². The van der Waals surface area contributed by atoms with Crippen LogP contribution < -0.4 is 14.2 Å². The third-order valence-corrected chi connectivity index (χ3v) is 5.59. The molecule has 0 spiro atoms. The molecule has 3 rings (SSSR count). The van der Waals surface area contributed by atoms with Gasteiger partial charge in [0.25, 0.3) is 15.7 Å². The van der Waals surface area contributed by atoms with E-state index < -0.39 is 14.9 Å². The SMILES string of the molecule is COc1ccc(S(=O)(=O)Nc2ccc(-c3ccccc3[N+](=O)[O-])cc2)cc1OC. The molecule has 9 heteroatoms. The van der Waals surface area contributed by atoms with Gasteiger partial charge in [0.1, 0.15) is 0 Å². The summed E-state index contributed by atoms with van der Waals surface area (Å²) in [6, 6.07) is 17.0. The molecule has 8 nitrogen and oxygen atoms in total. The molecule has 0 atom stereocenters. The monoisotopic (exact) mass is 414 g/mol. The van der Waals surface area contributed by atoms with Gasteiger partial charge in [0.15, 0.2) is 11.5 Å². The van der Waals surface area contributed by atoms with Crippen LogP contribution in [0, 0.1) is 10.1 Å². The van der Waals surface area contributed by atoms with E-state index in [0.29, 0.717) is 28.3 Å². The largest absolute Gasteiger partial charge is 0.493 e. The van der Waals surface area contributed by atoms with Crippen LogP contribution in [0.2, 0.25) is 0 Å². The molecule has 0 aromatic heterocycles. The number of hydrogen-bond acceptors (Lipinski definition) is 6.